The minimum atomic E-state index is -0.442. The summed E-state index contributed by atoms with van der Waals surface area (Å²) < 4.78 is 2.31. The van der Waals surface area contributed by atoms with E-state index in [4.69, 9.17) is 0 Å². The van der Waals surface area contributed by atoms with Crippen molar-refractivity contribution >= 4 is 34.7 Å². The number of nitrogens with one attached hydrogen (secondary N) is 1. The van der Waals surface area contributed by atoms with Gasteiger partial charge in [-0.15, -0.1) is 10.2 Å². The molecule has 4 aromatic rings. The Morgan fingerprint density at radius 1 is 1.03 bits per heavy atom. The minimum Gasteiger partial charge on any atom is -0.321 e. The molecule has 0 spiro atoms. The normalized spacial score (nSPS) is 10.6. The van der Waals surface area contributed by atoms with Crippen LogP contribution in [0.2, 0.25) is 0 Å². The standard InChI is InChI=1S/C21H16N4O2S2/c26-19(23-17-10-4-5-11-18(17)29-21-24-22-14-28-21)16-9-6-12-25(20(16)27)13-15-7-2-1-3-8-15/h1-12,14H,13H2,(H,23,26). The van der Waals surface area contributed by atoms with Gasteiger partial charge < -0.3 is 9.88 Å². The minimum absolute atomic E-state index is 0.0964. The lowest BCUT2D eigenvalue weighted by Crippen LogP contribution is -2.29. The number of benzene rings is 2. The summed E-state index contributed by atoms with van der Waals surface area (Å²) in [6.45, 7) is 0.407. The second kappa shape index (κ2) is 8.85. The Labute approximate surface area is 175 Å². The Morgan fingerprint density at radius 3 is 2.62 bits per heavy atom. The molecule has 0 saturated carbocycles. The van der Waals surface area contributed by atoms with Gasteiger partial charge in [-0.2, -0.15) is 0 Å². The molecule has 1 N–H and O–H groups in total. The third-order valence-electron chi connectivity index (χ3n) is 4.13. The first-order valence-electron chi connectivity index (χ1n) is 8.78. The maximum Gasteiger partial charge on any atom is 0.263 e. The molecule has 144 valence electrons. The van der Waals surface area contributed by atoms with Gasteiger partial charge in [-0.1, -0.05) is 65.6 Å². The van der Waals surface area contributed by atoms with Gasteiger partial charge in [0.1, 0.15) is 11.1 Å². The Morgan fingerprint density at radius 2 is 1.83 bits per heavy atom. The number of carbonyl (C=O) groups excluding carboxylic acids is 1. The summed E-state index contributed by atoms with van der Waals surface area (Å²) in [6, 6.07) is 20.3. The van der Waals surface area contributed by atoms with Crippen molar-refractivity contribution in [2.75, 3.05) is 5.32 Å². The van der Waals surface area contributed by atoms with Crippen LogP contribution in [0.1, 0.15) is 15.9 Å². The number of hydrogen-bond donors (Lipinski definition) is 1. The molecule has 0 fully saturated rings. The zero-order valence-corrected chi connectivity index (χ0v) is 16.8. The SMILES string of the molecule is O=C(Nc1ccccc1Sc1nncs1)c1cccn(Cc2ccccc2)c1=O. The first kappa shape index (κ1) is 19.1. The summed E-state index contributed by atoms with van der Waals surface area (Å²) in [5.74, 6) is -0.442. The van der Waals surface area contributed by atoms with Crippen molar-refractivity contribution in [3.8, 4) is 0 Å². The maximum absolute atomic E-state index is 12.8. The van der Waals surface area contributed by atoms with Gasteiger partial charge >= 0.3 is 0 Å². The van der Waals surface area contributed by atoms with E-state index in [0.717, 1.165) is 14.8 Å². The van der Waals surface area contributed by atoms with E-state index in [1.54, 1.807) is 29.9 Å². The third kappa shape index (κ3) is 4.61. The van der Waals surface area contributed by atoms with Gasteiger partial charge in [0.15, 0.2) is 4.34 Å². The molecule has 0 unspecified atom stereocenters. The average molecular weight is 421 g/mol. The predicted molar refractivity (Wildman–Crippen MR) is 115 cm³/mol. The van der Waals surface area contributed by atoms with Crippen molar-refractivity contribution in [2.45, 2.75) is 15.8 Å². The Hall–Kier alpha value is -3.23. The lowest BCUT2D eigenvalue weighted by atomic mass is 10.2. The second-order valence-electron chi connectivity index (χ2n) is 6.10. The maximum atomic E-state index is 12.8. The van der Waals surface area contributed by atoms with E-state index < -0.39 is 5.91 Å². The number of rotatable bonds is 6. The van der Waals surface area contributed by atoms with Crippen molar-refractivity contribution in [3.05, 3.63) is 99.9 Å². The van der Waals surface area contributed by atoms with Gasteiger partial charge in [0.25, 0.3) is 11.5 Å². The third-order valence-corrected chi connectivity index (χ3v) is 5.99. The molecule has 0 bridgehead atoms. The molecule has 0 aliphatic heterocycles. The van der Waals surface area contributed by atoms with Crippen LogP contribution in [0.4, 0.5) is 5.69 Å². The summed E-state index contributed by atoms with van der Waals surface area (Å²) in [7, 11) is 0. The molecule has 0 atom stereocenters. The van der Waals surface area contributed by atoms with E-state index >= 15 is 0 Å². The monoisotopic (exact) mass is 420 g/mol. The highest BCUT2D eigenvalue weighted by molar-refractivity contribution is 8.01. The van der Waals surface area contributed by atoms with Gasteiger partial charge in [-0.3, -0.25) is 9.59 Å². The highest BCUT2D eigenvalue weighted by Gasteiger charge is 2.15. The lowest BCUT2D eigenvalue weighted by Gasteiger charge is -2.11. The molecule has 2 aromatic heterocycles. The van der Waals surface area contributed by atoms with Crippen LogP contribution in [-0.4, -0.2) is 20.7 Å². The van der Waals surface area contributed by atoms with Gasteiger partial charge in [-0.05, 0) is 29.8 Å². The lowest BCUT2D eigenvalue weighted by molar-refractivity contribution is 0.102. The topological polar surface area (TPSA) is 76.9 Å². The molecule has 0 saturated heterocycles. The average Bonchev–Trinajstić information content (AvgIpc) is 3.25. The number of hydrogen-bond acceptors (Lipinski definition) is 6. The van der Waals surface area contributed by atoms with Gasteiger partial charge in [-0.25, -0.2) is 0 Å². The zero-order chi connectivity index (χ0) is 20.1. The van der Waals surface area contributed by atoms with E-state index in [0.29, 0.717) is 12.2 Å². The van der Waals surface area contributed by atoms with Crippen LogP contribution in [0.3, 0.4) is 0 Å². The fourth-order valence-corrected chi connectivity index (χ4v) is 4.29. The fraction of sp³-hybridized carbons (Fsp3) is 0.0476. The summed E-state index contributed by atoms with van der Waals surface area (Å²) in [6.07, 6.45) is 1.69. The second-order valence-corrected chi connectivity index (χ2v) is 8.22. The van der Waals surface area contributed by atoms with Crippen molar-refractivity contribution < 1.29 is 4.79 Å². The molecule has 1 amide bonds. The van der Waals surface area contributed by atoms with E-state index in [1.807, 2.05) is 48.5 Å². The molecular weight excluding hydrogens is 404 g/mol. The molecule has 6 nitrogen and oxygen atoms in total. The van der Waals surface area contributed by atoms with Crippen LogP contribution in [0.5, 0.6) is 0 Å². The van der Waals surface area contributed by atoms with Crippen LogP contribution in [0.15, 0.2) is 92.5 Å². The summed E-state index contributed by atoms with van der Waals surface area (Å²) in [4.78, 5) is 26.5. The van der Waals surface area contributed by atoms with Gasteiger partial charge in [0, 0.05) is 11.1 Å². The van der Waals surface area contributed by atoms with E-state index in [1.165, 1.54) is 27.7 Å². The summed E-state index contributed by atoms with van der Waals surface area (Å²) >= 11 is 2.84. The fourth-order valence-electron chi connectivity index (χ4n) is 2.76. The zero-order valence-electron chi connectivity index (χ0n) is 15.2. The van der Waals surface area contributed by atoms with E-state index in [2.05, 4.69) is 15.5 Å². The number of nitrogens with zero attached hydrogens (tertiary/aromatic N) is 3. The molecule has 0 radical (unpaired) electrons. The summed E-state index contributed by atoms with van der Waals surface area (Å²) in [5, 5.41) is 10.7. The molecule has 0 aliphatic rings. The molecule has 8 heteroatoms. The van der Waals surface area contributed by atoms with Crippen LogP contribution in [-0.2, 0) is 6.54 Å². The number of carbonyl (C=O) groups is 1. The quantitative estimate of drug-likeness (QED) is 0.507. The Balaban J connectivity index is 1.57. The van der Waals surface area contributed by atoms with Crippen molar-refractivity contribution in [1.82, 2.24) is 14.8 Å². The van der Waals surface area contributed by atoms with Crippen molar-refractivity contribution in [2.24, 2.45) is 0 Å². The van der Waals surface area contributed by atoms with Crippen LogP contribution in [0, 0.1) is 0 Å². The number of amides is 1. The number of pyridine rings is 1. The summed E-state index contributed by atoms with van der Waals surface area (Å²) in [5.41, 5.74) is 3.03. The van der Waals surface area contributed by atoms with E-state index in [9.17, 15) is 9.59 Å². The highest BCUT2D eigenvalue weighted by atomic mass is 32.2. The molecule has 2 aromatic carbocycles. The Bertz CT molecular complexity index is 1170. The van der Waals surface area contributed by atoms with Crippen molar-refractivity contribution in [3.63, 3.8) is 0 Å². The van der Waals surface area contributed by atoms with Crippen LogP contribution in [0.25, 0.3) is 0 Å². The smallest absolute Gasteiger partial charge is 0.263 e. The molecule has 0 aliphatic carbocycles. The van der Waals surface area contributed by atoms with Crippen LogP contribution >= 0.6 is 23.1 Å². The van der Waals surface area contributed by atoms with Gasteiger partial charge in [0.05, 0.1) is 12.2 Å². The molecule has 4 rings (SSSR count). The molecule has 2 heterocycles. The molecule has 29 heavy (non-hydrogen) atoms. The number of para-hydroxylation sites is 1. The van der Waals surface area contributed by atoms with Gasteiger partial charge in [0.2, 0.25) is 0 Å². The largest absolute Gasteiger partial charge is 0.321 e. The molecular formula is C21H16N4O2S2. The van der Waals surface area contributed by atoms with E-state index in [-0.39, 0.29) is 11.1 Å². The number of anilines is 1. The van der Waals surface area contributed by atoms with Crippen molar-refractivity contribution in [1.29, 1.82) is 0 Å². The number of aromatic nitrogens is 3. The predicted octanol–water partition coefficient (Wildman–Crippen LogP) is 4.15. The first-order valence-corrected chi connectivity index (χ1v) is 10.5. The Kier molecular flexibility index (Phi) is 5.83. The van der Waals surface area contributed by atoms with Crippen LogP contribution < -0.4 is 10.9 Å². The first-order chi connectivity index (χ1) is 14.2. The highest BCUT2D eigenvalue weighted by Crippen LogP contribution is 2.34.